The third-order valence-electron chi connectivity index (χ3n) is 3.42. The minimum Gasteiger partial charge on any atom is -0.373 e. The monoisotopic (exact) mass is 291 g/mol. The molecule has 112 valence electrons. The molecule has 2 heterocycles. The number of hydrogen-bond donors (Lipinski definition) is 0. The third-order valence-corrected chi connectivity index (χ3v) is 3.42. The lowest BCUT2D eigenvalue weighted by Crippen LogP contribution is -2.44. The predicted molar refractivity (Wildman–Crippen MR) is 75.0 cm³/mol. The molecule has 0 spiro atoms. The zero-order valence-corrected chi connectivity index (χ0v) is 12.1. The molecule has 1 aliphatic heterocycles. The Kier molecular flexibility index (Phi) is 3.98. The summed E-state index contributed by atoms with van der Waals surface area (Å²) >= 11 is 0. The van der Waals surface area contributed by atoms with Crippen molar-refractivity contribution in [3.63, 3.8) is 0 Å². The summed E-state index contributed by atoms with van der Waals surface area (Å²) in [6.07, 6.45) is 0.404. The molecule has 0 N–H and O–H groups in total. The van der Waals surface area contributed by atoms with Crippen molar-refractivity contribution in [3.05, 3.63) is 36.0 Å². The van der Waals surface area contributed by atoms with E-state index in [0.29, 0.717) is 18.3 Å². The van der Waals surface area contributed by atoms with Crippen molar-refractivity contribution in [1.29, 1.82) is 0 Å². The molecular formula is C15H18FN3O2. The standard InChI is InChI=1S/C15H18FN3O2/c1-10-7-19(8-11(2)20-10)9-14-17-15(18-21-14)12-3-5-13(16)6-4-12/h3-6,10-11H,7-9H2,1-2H3/t10-,11-/m0/s1. The maximum absolute atomic E-state index is 12.9. The first kappa shape index (κ1) is 14.2. The van der Waals surface area contributed by atoms with Gasteiger partial charge in [-0.25, -0.2) is 4.39 Å². The van der Waals surface area contributed by atoms with Gasteiger partial charge in [0.05, 0.1) is 18.8 Å². The van der Waals surface area contributed by atoms with Crippen molar-refractivity contribution in [2.24, 2.45) is 0 Å². The fourth-order valence-electron chi connectivity index (χ4n) is 2.64. The van der Waals surface area contributed by atoms with Crippen molar-refractivity contribution in [2.75, 3.05) is 13.1 Å². The smallest absolute Gasteiger partial charge is 0.241 e. The van der Waals surface area contributed by atoms with Crippen molar-refractivity contribution >= 4 is 0 Å². The van der Waals surface area contributed by atoms with Gasteiger partial charge in [-0.3, -0.25) is 4.90 Å². The first-order valence-electron chi connectivity index (χ1n) is 7.06. The highest BCUT2D eigenvalue weighted by Crippen LogP contribution is 2.18. The zero-order chi connectivity index (χ0) is 14.8. The summed E-state index contributed by atoms with van der Waals surface area (Å²) in [7, 11) is 0. The molecule has 0 bridgehead atoms. The van der Waals surface area contributed by atoms with Crippen LogP contribution < -0.4 is 0 Å². The average molecular weight is 291 g/mol. The molecule has 0 saturated carbocycles. The summed E-state index contributed by atoms with van der Waals surface area (Å²) in [5, 5.41) is 3.95. The molecule has 1 aliphatic rings. The van der Waals surface area contributed by atoms with Gasteiger partial charge in [-0.05, 0) is 38.1 Å². The van der Waals surface area contributed by atoms with E-state index in [1.54, 1.807) is 12.1 Å². The number of rotatable bonds is 3. The number of halogens is 1. The Morgan fingerprint density at radius 2 is 1.86 bits per heavy atom. The van der Waals surface area contributed by atoms with Gasteiger partial charge in [-0.1, -0.05) is 5.16 Å². The molecule has 2 aromatic rings. The van der Waals surface area contributed by atoms with Crippen molar-refractivity contribution in [2.45, 2.75) is 32.6 Å². The van der Waals surface area contributed by atoms with Gasteiger partial charge in [-0.15, -0.1) is 0 Å². The Hall–Kier alpha value is -1.79. The van der Waals surface area contributed by atoms with Crippen LogP contribution in [0.25, 0.3) is 11.4 Å². The zero-order valence-electron chi connectivity index (χ0n) is 12.1. The van der Waals surface area contributed by atoms with Gasteiger partial charge in [0.25, 0.3) is 0 Å². The first-order valence-corrected chi connectivity index (χ1v) is 7.06. The first-order chi connectivity index (χ1) is 10.1. The molecule has 1 fully saturated rings. The number of benzene rings is 1. The van der Waals surface area contributed by atoms with Gasteiger partial charge >= 0.3 is 0 Å². The lowest BCUT2D eigenvalue weighted by atomic mass is 10.2. The molecule has 0 amide bonds. The molecule has 5 nitrogen and oxygen atoms in total. The minimum atomic E-state index is -0.279. The van der Waals surface area contributed by atoms with Crippen LogP contribution in [0.5, 0.6) is 0 Å². The van der Waals surface area contributed by atoms with E-state index in [0.717, 1.165) is 18.7 Å². The Labute approximate surface area is 122 Å². The predicted octanol–water partition coefficient (Wildman–Crippen LogP) is 2.48. The highest BCUT2D eigenvalue weighted by Gasteiger charge is 2.23. The van der Waals surface area contributed by atoms with E-state index in [-0.39, 0.29) is 18.0 Å². The molecule has 1 saturated heterocycles. The van der Waals surface area contributed by atoms with E-state index in [2.05, 4.69) is 28.9 Å². The maximum atomic E-state index is 12.9. The molecule has 21 heavy (non-hydrogen) atoms. The summed E-state index contributed by atoms with van der Waals surface area (Å²) in [6, 6.07) is 6.05. The molecule has 2 atom stereocenters. The number of ether oxygens (including phenoxy) is 1. The average Bonchev–Trinajstić information content (AvgIpc) is 2.87. The van der Waals surface area contributed by atoms with Crippen LogP contribution >= 0.6 is 0 Å². The van der Waals surface area contributed by atoms with Crippen LogP contribution in [0.2, 0.25) is 0 Å². The van der Waals surface area contributed by atoms with E-state index in [9.17, 15) is 4.39 Å². The summed E-state index contributed by atoms with van der Waals surface area (Å²) < 4.78 is 23.9. The van der Waals surface area contributed by atoms with E-state index in [1.807, 2.05) is 0 Å². The van der Waals surface area contributed by atoms with E-state index < -0.39 is 0 Å². The molecule has 3 rings (SSSR count). The van der Waals surface area contributed by atoms with Crippen molar-refractivity contribution in [1.82, 2.24) is 15.0 Å². The molecule has 0 radical (unpaired) electrons. The lowest BCUT2D eigenvalue weighted by molar-refractivity contribution is -0.0725. The Morgan fingerprint density at radius 3 is 2.52 bits per heavy atom. The van der Waals surface area contributed by atoms with Crippen LogP contribution in [-0.2, 0) is 11.3 Å². The summed E-state index contributed by atoms with van der Waals surface area (Å²) in [4.78, 5) is 6.61. The van der Waals surface area contributed by atoms with E-state index >= 15 is 0 Å². The second kappa shape index (κ2) is 5.91. The summed E-state index contributed by atoms with van der Waals surface area (Å²) in [5.74, 6) is 0.772. The molecular weight excluding hydrogens is 273 g/mol. The van der Waals surface area contributed by atoms with Gasteiger partial charge in [0.15, 0.2) is 0 Å². The normalized spacial score (nSPS) is 23.4. The number of nitrogens with zero attached hydrogens (tertiary/aromatic N) is 3. The Bertz CT molecular complexity index is 589. The third kappa shape index (κ3) is 3.46. The summed E-state index contributed by atoms with van der Waals surface area (Å²) in [5.41, 5.74) is 0.745. The second-order valence-corrected chi connectivity index (χ2v) is 5.47. The van der Waals surface area contributed by atoms with E-state index in [4.69, 9.17) is 9.26 Å². The molecule has 1 aromatic carbocycles. The largest absolute Gasteiger partial charge is 0.373 e. The van der Waals surface area contributed by atoms with Gasteiger partial charge in [0.2, 0.25) is 11.7 Å². The number of morpholine rings is 1. The van der Waals surface area contributed by atoms with Gasteiger partial charge in [0, 0.05) is 18.7 Å². The highest BCUT2D eigenvalue weighted by molar-refractivity contribution is 5.53. The number of hydrogen-bond acceptors (Lipinski definition) is 5. The number of aromatic nitrogens is 2. The Morgan fingerprint density at radius 1 is 1.19 bits per heavy atom. The maximum Gasteiger partial charge on any atom is 0.241 e. The van der Waals surface area contributed by atoms with Gasteiger partial charge in [0.1, 0.15) is 5.82 Å². The molecule has 0 aliphatic carbocycles. The SMILES string of the molecule is C[C@H]1CN(Cc2nc(-c3ccc(F)cc3)no2)C[C@H](C)O1. The molecule has 1 aromatic heterocycles. The van der Waals surface area contributed by atoms with Crippen LogP contribution in [0.3, 0.4) is 0 Å². The highest BCUT2D eigenvalue weighted by atomic mass is 19.1. The quantitative estimate of drug-likeness (QED) is 0.869. The van der Waals surface area contributed by atoms with E-state index in [1.165, 1.54) is 12.1 Å². The minimum absolute atomic E-state index is 0.202. The molecule has 0 unspecified atom stereocenters. The second-order valence-electron chi connectivity index (χ2n) is 5.47. The fourth-order valence-corrected chi connectivity index (χ4v) is 2.64. The van der Waals surface area contributed by atoms with Crippen LogP contribution in [-0.4, -0.2) is 40.3 Å². The van der Waals surface area contributed by atoms with Crippen molar-refractivity contribution < 1.29 is 13.7 Å². The van der Waals surface area contributed by atoms with Crippen LogP contribution in [0.1, 0.15) is 19.7 Å². The fraction of sp³-hybridized carbons (Fsp3) is 0.467. The summed E-state index contributed by atoms with van der Waals surface area (Å²) in [6.45, 7) is 6.41. The molecule has 6 heteroatoms. The van der Waals surface area contributed by atoms with Gasteiger partial charge < -0.3 is 9.26 Å². The Balaban J connectivity index is 1.69. The van der Waals surface area contributed by atoms with Gasteiger partial charge in [-0.2, -0.15) is 4.98 Å². The van der Waals surface area contributed by atoms with Crippen LogP contribution in [0.4, 0.5) is 4.39 Å². The lowest BCUT2D eigenvalue weighted by Gasteiger charge is -2.34. The van der Waals surface area contributed by atoms with Crippen molar-refractivity contribution in [3.8, 4) is 11.4 Å². The van der Waals surface area contributed by atoms with Crippen LogP contribution in [0.15, 0.2) is 28.8 Å². The van der Waals surface area contributed by atoms with Crippen LogP contribution in [0, 0.1) is 5.82 Å². The topological polar surface area (TPSA) is 51.4 Å².